The SMILES string of the molecule is CCCCCCC(NC)c1ccccc1CC. The minimum Gasteiger partial charge on any atom is -0.313 e. The second-order valence-electron chi connectivity index (χ2n) is 4.74. The van der Waals surface area contributed by atoms with E-state index in [4.69, 9.17) is 0 Å². The van der Waals surface area contributed by atoms with Gasteiger partial charge >= 0.3 is 0 Å². The Morgan fingerprint density at radius 1 is 1.06 bits per heavy atom. The fourth-order valence-corrected chi connectivity index (χ4v) is 2.43. The Morgan fingerprint density at radius 2 is 1.82 bits per heavy atom. The van der Waals surface area contributed by atoms with Crippen molar-refractivity contribution in [3.63, 3.8) is 0 Å². The van der Waals surface area contributed by atoms with Crippen LogP contribution in [0.1, 0.15) is 63.1 Å². The monoisotopic (exact) mass is 233 g/mol. The zero-order valence-corrected chi connectivity index (χ0v) is 11.6. The van der Waals surface area contributed by atoms with Crippen molar-refractivity contribution >= 4 is 0 Å². The maximum absolute atomic E-state index is 3.47. The Labute approximate surface area is 107 Å². The summed E-state index contributed by atoms with van der Waals surface area (Å²) in [6.07, 6.45) is 7.76. The topological polar surface area (TPSA) is 12.0 Å². The molecule has 0 fully saturated rings. The van der Waals surface area contributed by atoms with Gasteiger partial charge < -0.3 is 5.32 Å². The van der Waals surface area contributed by atoms with E-state index in [-0.39, 0.29) is 0 Å². The summed E-state index contributed by atoms with van der Waals surface area (Å²) in [7, 11) is 2.08. The van der Waals surface area contributed by atoms with Crippen LogP contribution in [0.5, 0.6) is 0 Å². The van der Waals surface area contributed by atoms with Gasteiger partial charge in [-0.3, -0.25) is 0 Å². The van der Waals surface area contributed by atoms with Gasteiger partial charge in [-0.25, -0.2) is 0 Å². The van der Waals surface area contributed by atoms with E-state index in [0.717, 1.165) is 6.42 Å². The van der Waals surface area contributed by atoms with Gasteiger partial charge in [-0.2, -0.15) is 0 Å². The molecule has 1 aromatic rings. The van der Waals surface area contributed by atoms with E-state index in [1.807, 2.05) is 0 Å². The van der Waals surface area contributed by atoms with Crippen molar-refractivity contribution in [2.24, 2.45) is 0 Å². The van der Waals surface area contributed by atoms with Crippen molar-refractivity contribution in [1.82, 2.24) is 5.32 Å². The van der Waals surface area contributed by atoms with Crippen molar-refractivity contribution in [3.05, 3.63) is 35.4 Å². The summed E-state index contributed by atoms with van der Waals surface area (Å²) in [6, 6.07) is 9.37. The van der Waals surface area contributed by atoms with Crippen molar-refractivity contribution in [2.45, 2.75) is 58.4 Å². The van der Waals surface area contributed by atoms with Gasteiger partial charge in [0, 0.05) is 6.04 Å². The molecule has 0 spiro atoms. The molecule has 0 bridgehead atoms. The van der Waals surface area contributed by atoms with Crippen LogP contribution in [0.3, 0.4) is 0 Å². The predicted octanol–water partition coefficient (Wildman–Crippen LogP) is 4.48. The highest BCUT2D eigenvalue weighted by Crippen LogP contribution is 2.23. The van der Waals surface area contributed by atoms with Crippen molar-refractivity contribution in [3.8, 4) is 0 Å². The molecule has 1 aromatic carbocycles. The molecule has 96 valence electrons. The summed E-state index contributed by atoms with van der Waals surface area (Å²) in [6.45, 7) is 4.50. The summed E-state index contributed by atoms with van der Waals surface area (Å²) in [5.41, 5.74) is 2.98. The fraction of sp³-hybridized carbons (Fsp3) is 0.625. The summed E-state index contributed by atoms with van der Waals surface area (Å²) in [5.74, 6) is 0. The quantitative estimate of drug-likeness (QED) is 0.653. The van der Waals surface area contributed by atoms with E-state index in [1.165, 1.54) is 43.2 Å². The molecule has 0 aliphatic rings. The molecule has 1 nitrogen and oxygen atoms in total. The third kappa shape index (κ3) is 4.51. The largest absolute Gasteiger partial charge is 0.313 e. The van der Waals surface area contributed by atoms with Gasteiger partial charge in [0.25, 0.3) is 0 Å². The van der Waals surface area contributed by atoms with Gasteiger partial charge in [0.2, 0.25) is 0 Å². The molecule has 1 N–H and O–H groups in total. The molecule has 0 aliphatic heterocycles. The summed E-state index contributed by atoms with van der Waals surface area (Å²) < 4.78 is 0. The molecule has 1 unspecified atom stereocenters. The number of hydrogen-bond donors (Lipinski definition) is 1. The highest BCUT2D eigenvalue weighted by molar-refractivity contribution is 5.29. The molecule has 1 rings (SSSR count). The van der Waals surface area contributed by atoms with E-state index in [9.17, 15) is 0 Å². The van der Waals surface area contributed by atoms with E-state index >= 15 is 0 Å². The Hall–Kier alpha value is -0.820. The van der Waals surface area contributed by atoms with E-state index in [0.29, 0.717) is 6.04 Å². The van der Waals surface area contributed by atoms with Gasteiger partial charge in [0.05, 0.1) is 0 Å². The predicted molar refractivity (Wildman–Crippen MR) is 76.4 cm³/mol. The maximum Gasteiger partial charge on any atom is 0.0320 e. The average Bonchev–Trinajstić information content (AvgIpc) is 2.39. The molecule has 0 radical (unpaired) electrons. The molecular formula is C16H27N. The van der Waals surface area contributed by atoms with Crippen LogP contribution in [-0.2, 0) is 6.42 Å². The van der Waals surface area contributed by atoms with Crippen LogP contribution in [0, 0.1) is 0 Å². The lowest BCUT2D eigenvalue weighted by Crippen LogP contribution is -2.17. The lowest BCUT2D eigenvalue weighted by atomic mass is 9.94. The number of unbranched alkanes of at least 4 members (excludes halogenated alkanes) is 3. The second-order valence-corrected chi connectivity index (χ2v) is 4.74. The Kier molecular flexibility index (Phi) is 6.95. The van der Waals surface area contributed by atoms with Crippen molar-refractivity contribution < 1.29 is 0 Å². The molecule has 0 saturated carbocycles. The van der Waals surface area contributed by atoms with E-state index in [2.05, 4.69) is 50.5 Å². The summed E-state index contributed by atoms with van der Waals surface area (Å²) in [5, 5.41) is 3.47. The highest BCUT2D eigenvalue weighted by Gasteiger charge is 2.11. The van der Waals surface area contributed by atoms with Crippen LogP contribution in [0.15, 0.2) is 24.3 Å². The van der Waals surface area contributed by atoms with E-state index < -0.39 is 0 Å². The first-order chi connectivity index (χ1) is 8.33. The Balaban J connectivity index is 2.59. The van der Waals surface area contributed by atoms with Crippen LogP contribution >= 0.6 is 0 Å². The number of hydrogen-bond acceptors (Lipinski definition) is 1. The second kappa shape index (κ2) is 8.30. The zero-order valence-electron chi connectivity index (χ0n) is 11.6. The Bertz CT molecular complexity index is 306. The fourth-order valence-electron chi connectivity index (χ4n) is 2.43. The van der Waals surface area contributed by atoms with Crippen LogP contribution in [0.4, 0.5) is 0 Å². The molecule has 1 heteroatoms. The van der Waals surface area contributed by atoms with Gasteiger partial charge in [-0.15, -0.1) is 0 Å². The first kappa shape index (κ1) is 14.2. The van der Waals surface area contributed by atoms with Crippen LogP contribution in [0.2, 0.25) is 0 Å². The molecule has 0 aliphatic carbocycles. The number of benzene rings is 1. The van der Waals surface area contributed by atoms with Gasteiger partial charge in [-0.05, 0) is 31.0 Å². The minimum atomic E-state index is 0.531. The number of rotatable bonds is 8. The first-order valence-electron chi connectivity index (χ1n) is 7.08. The lowest BCUT2D eigenvalue weighted by molar-refractivity contribution is 0.502. The zero-order chi connectivity index (χ0) is 12.5. The standard InChI is InChI=1S/C16H27N/c1-4-6-7-8-13-16(17-3)15-12-10-9-11-14(15)5-2/h9-12,16-17H,4-8,13H2,1-3H3. The van der Waals surface area contributed by atoms with Crippen LogP contribution in [0.25, 0.3) is 0 Å². The molecule has 17 heavy (non-hydrogen) atoms. The number of nitrogens with one attached hydrogen (secondary N) is 1. The molecule has 0 saturated heterocycles. The van der Waals surface area contributed by atoms with Gasteiger partial charge in [-0.1, -0.05) is 63.8 Å². The van der Waals surface area contributed by atoms with E-state index in [1.54, 1.807) is 0 Å². The Morgan fingerprint density at radius 3 is 2.47 bits per heavy atom. The minimum absolute atomic E-state index is 0.531. The molecule has 0 aromatic heterocycles. The highest BCUT2D eigenvalue weighted by atomic mass is 14.9. The van der Waals surface area contributed by atoms with Crippen LogP contribution < -0.4 is 5.32 Å². The number of aryl methyl sites for hydroxylation is 1. The normalized spacial score (nSPS) is 12.6. The van der Waals surface area contributed by atoms with Crippen molar-refractivity contribution in [1.29, 1.82) is 0 Å². The smallest absolute Gasteiger partial charge is 0.0320 e. The van der Waals surface area contributed by atoms with Crippen molar-refractivity contribution in [2.75, 3.05) is 7.05 Å². The molecular weight excluding hydrogens is 206 g/mol. The third-order valence-corrected chi connectivity index (χ3v) is 3.51. The maximum atomic E-state index is 3.47. The summed E-state index contributed by atoms with van der Waals surface area (Å²) in [4.78, 5) is 0. The third-order valence-electron chi connectivity index (χ3n) is 3.51. The lowest BCUT2D eigenvalue weighted by Gasteiger charge is -2.19. The first-order valence-corrected chi connectivity index (χ1v) is 7.08. The molecule has 0 heterocycles. The van der Waals surface area contributed by atoms with Crippen LogP contribution in [-0.4, -0.2) is 7.05 Å². The molecule has 1 atom stereocenters. The van der Waals surface area contributed by atoms with Gasteiger partial charge in [0.1, 0.15) is 0 Å². The average molecular weight is 233 g/mol. The summed E-state index contributed by atoms with van der Waals surface area (Å²) >= 11 is 0. The van der Waals surface area contributed by atoms with Gasteiger partial charge in [0.15, 0.2) is 0 Å². The molecule has 0 amide bonds.